The highest BCUT2D eigenvalue weighted by molar-refractivity contribution is 7.17. The fraction of sp³-hybridized carbons (Fsp3) is 0.389. The molecule has 2 aliphatic heterocycles. The Labute approximate surface area is 150 Å². The van der Waals surface area contributed by atoms with E-state index in [0.29, 0.717) is 35.4 Å². The summed E-state index contributed by atoms with van der Waals surface area (Å²) in [6.45, 7) is 4.07. The Kier molecular flexibility index (Phi) is 3.95. The van der Waals surface area contributed by atoms with Gasteiger partial charge in [-0.1, -0.05) is 41.2 Å². The zero-order chi connectivity index (χ0) is 17.6. The highest BCUT2D eigenvalue weighted by Crippen LogP contribution is 2.34. The number of rotatable bonds is 3. The molecule has 2 aliphatic rings. The van der Waals surface area contributed by atoms with E-state index in [9.17, 15) is 9.59 Å². The molecule has 0 radical (unpaired) electrons. The Balaban J connectivity index is 1.38. The van der Waals surface area contributed by atoms with Crippen LogP contribution in [0.2, 0.25) is 0 Å². The van der Waals surface area contributed by atoms with Gasteiger partial charge in [0.05, 0.1) is 18.7 Å². The Morgan fingerprint density at radius 1 is 1.32 bits per heavy atom. The van der Waals surface area contributed by atoms with Crippen LogP contribution in [0.5, 0.6) is 0 Å². The Morgan fingerprint density at radius 2 is 2.16 bits per heavy atom. The number of anilines is 1. The third kappa shape index (κ3) is 3.00. The van der Waals surface area contributed by atoms with Gasteiger partial charge in [-0.05, 0) is 12.5 Å². The number of hydrogen-bond acceptors (Lipinski definition) is 5. The molecule has 2 saturated heterocycles. The van der Waals surface area contributed by atoms with Gasteiger partial charge < -0.3 is 15.5 Å². The summed E-state index contributed by atoms with van der Waals surface area (Å²) in [6, 6.07) is 8.19. The second-order valence-corrected chi connectivity index (χ2v) is 7.87. The van der Waals surface area contributed by atoms with Crippen LogP contribution < -0.4 is 5.73 Å². The van der Waals surface area contributed by atoms with Gasteiger partial charge in [0, 0.05) is 25.6 Å². The van der Waals surface area contributed by atoms with Gasteiger partial charge in [0.15, 0.2) is 5.13 Å². The first kappa shape index (κ1) is 16.1. The van der Waals surface area contributed by atoms with Gasteiger partial charge in [-0.3, -0.25) is 9.59 Å². The van der Waals surface area contributed by atoms with E-state index in [1.165, 1.54) is 17.5 Å². The van der Waals surface area contributed by atoms with E-state index in [1.807, 2.05) is 41.0 Å². The summed E-state index contributed by atoms with van der Waals surface area (Å²) in [6.07, 6.45) is 1.95. The van der Waals surface area contributed by atoms with Crippen LogP contribution in [0.3, 0.4) is 0 Å². The van der Waals surface area contributed by atoms with Crippen LogP contribution >= 0.6 is 11.3 Å². The van der Waals surface area contributed by atoms with E-state index >= 15 is 0 Å². The standard InChI is InChI=1S/C18H20N4O2S/c1-11-3-2-4-12(5-11)6-16(23)22-9-13-8-21(10-14(13)22)17(24)15-7-20-18(19)25-15/h2-5,7,13-14H,6,8-10H2,1H3,(H2,19,20). The van der Waals surface area contributed by atoms with Crippen molar-refractivity contribution < 1.29 is 9.59 Å². The third-order valence-corrected chi connectivity index (χ3v) is 5.83. The van der Waals surface area contributed by atoms with Crippen molar-refractivity contribution in [3.05, 3.63) is 46.5 Å². The summed E-state index contributed by atoms with van der Waals surface area (Å²) < 4.78 is 0. The summed E-state index contributed by atoms with van der Waals surface area (Å²) in [5, 5.41) is 0.403. The maximum absolute atomic E-state index is 12.6. The van der Waals surface area contributed by atoms with Crippen LogP contribution in [0.15, 0.2) is 30.5 Å². The summed E-state index contributed by atoms with van der Waals surface area (Å²) in [5.74, 6) is 0.494. The van der Waals surface area contributed by atoms with Crippen molar-refractivity contribution in [2.24, 2.45) is 5.92 Å². The third-order valence-electron chi connectivity index (χ3n) is 5.02. The van der Waals surface area contributed by atoms with E-state index < -0.39 is 0 Å². The zero-order valence-electron chi connectivity index (χ0n) is 14.0. The summed E-state index contributed by atoms with van der Waals surface area (Å²) in [4.78, 5) is 33.4. The average Bonchev–Trinajstić information content (AvgIpc) is 3.12. The molecule has 2 unspecified atom stereocenters. The van der Waals surface area contributed by atoms with Gasteiger partial charge in [-0.15, -0.1) is 0 Å². The van der Waals surface area contributed by atoms with Gasteiger partial charge in [0.25, 0.3) is 5.91 Å². The summed E-state index contributed by atoms with van der Waals surface area (Å²) in [7, 11) is 0. The summed E-state index contributed by atoms with van der Waals surface area (Å²) in [5.41, 5.74) is 7.81. The van der Waals surface area contributed by atoms with Gasteiger partial charge in [0.1, 0.15) is 4.88 Å². The lowest BCUT2D eigenvalue weighted by atomic mass is 9.91. The number of hydrogen-bond donors (Lipinski definition) is 1. The first-order valence-electron chi connectivity index (χ1n) is 8.37. The molecule has 6 nitrogen and oxygen atoms in total. The number of amides is 2. The van der Waals surface area contributed by atoms with Crippen molar-refractivity contribution in [1.29, 1.82) is 0 Å². The first-order valence-corrected chi connectivity index (χ1v) is 9.18. The first-order chi connectivity index (χ1) is 12.0. The van der Waals surface area contributed by atoms with Crippen LogP contribution in [0.25, 0.3) is 0 Å². The van der Waals surface area contributed by atoms with Gasteiger partial charge >= 0.3 is 0 Å². The van der Waals surface area contributed by atoms with Crippen molar-refractivity contribution in [1.82, 2.24) is 14.8 Å². The van der Waals surface area contributed by atoms with Crippen molar-refractivity contribution in [3.63, 3.8) is 0 Å². The van der Waals surface area contributed by atoms with Crippen molar-refractivity contribution >= 4 is 28.3 Å². The fourth-order valence-electron chi connectivity index (χ4n) is 3.73. The molecule has 0 spiro atoms. The van der Waals surface area contributed by atoms with E-state index in [0.717, 1.165) is 17.7 Å². The Hall–Kier alpha value is -2.41. The molecule has 2 N–H and O–H groups in total. The van der Waals surface area contributed by atoms with E-state index in [4.69, 9.17) is 5.73 Å². The normalized spacial score (nSPS) is 21.8. The highest BCUT2D eigenvalue weighted by atomic mass is 32.1. The number of carbonyl (C=O) groups excluding carboxylic acids is 2. The van der Waals surface area contributed by atoms with Gasteiger partial charge in [0.2, 0.25) is 5.91 Å². The second kappa shape index (κ2) is 6.15. The molecule has 0 bridgehead atoms. The number of likely N-dealkylation sites (tertiary alicyclic amines) is 2. The molecule has 2 fully saturated rings. The van der Waals surface area contributed by atoms with Crippen LogP contribution in [-0.4, -0.2) is 52.3 Å². The molecule has 2 atom stereocenters. The van der Waals surface area contributed by atoms with Crippen molar-refractivity contribution in [2.45, 2.75) is 19.4 Å². The van der Waals surface area contributed by atoms with E-state index in [1.54, 1.807) is 0 Å². The minimum Gasteiger partial charge on any atom is -0.375 e. The molecule has 0 saturated carbocycles. The molecule has 3 heterocycles. The Bertz CT molecular complexity index is 834. The predicted octanol–water partition coefficient (Wildman–Crippen LogP) is 1.56. The lowest BCUT2D eigenvalue weighted by Crippen LogP contribution is -2.58. The number of aryl methyl sites for hydroxylation is 1. The number of thiazole rings is 1. The van der Waals surface area contributed by atoms with Gasteiger partial charge in [-0.25, -0.2) is 4.98 Å². The molecular formula is C18H20N4O2S. The number of carbonyl (C=O) groups is 2. The molecule has 4 rings (SSSR count). The monoisotopic (exact) mass is 356 g/mol. The smallest absolute Gasteiger partial charge is 0.265 e. The minimum atomic E-state index is -0.0327. The largest absolute Gasteiger partial charge is 0.375 e. The molecule has 25 heavy (non-hydrogen) atoms. The lowest BCUT2D eigenvalue weighted by Gasteiger charge is -2.43. The fourth-order valence-corrected chi connectivity index (χ4v) is 4.38. The lowest BCUT2D eigenvalue weighted by molar-refractivity contribution is -0.140. The number of fused-ring (bicyclic) bond motifs is 1. The molecule has 2 aromatic rings. The molecular weight excluding hydrogens is 336 g/mol. The van der Waals surface area contributed by atoms with Gasteiger partial charge in [-0.2, -0.15) is 0 Å². The minimum absolute atomic E-state index is 0.0327. The molecule has 0 aliphatic carbocycles. The quantitative estimate of drug-likeness (QED) is 0.905. The van der Waals surface area contributed by atoms with Crippen molar-refractivity contribution in [2.75, 3.05) is 25.4 Å². The predicted molar refractivity (Wildman–Crippen MR) is 96.3 cm³/mol. The molecule has 130 valence electrons. The Morgan fingerprint density at radius 3 is 2.88 bits per heavy atom. The number of nitrogens with zero attached hydrogens (tertiary/aromatic N) is 3. The summed E-state index contributed by atoms with van der Waals surface area (Å²) >= 11 is 1.21. The van der Waals surface area contributed by atoms with Crippen LogP contribution in [0, 0.1) is 12.8 Å². The number of nitrogen functional groups attached to an aromatic ring is 1. The molecule has 7 heteroatoms. The SMILES string of the molecule is Cc1cccc(CC(=O)N2CC3CN(C(=O)c4cnc(N)s4)CC32)c1. The zero-order valence-corrected chi connectivity index (χ0v) is 14.8. The molecule has 1 aromatic carbocycles. The maximum atomic E-state index is 12.6. The van der Waals surface area contributed by atoms with Crippen LogP contribution in [-0.2, 0) is 11.2 Å². The van der Waals surface area contributed by atoms with Crippen LogP contribution in [0.1, 0.15) is 20.8 Å². The number of aromatic nitrogens is 1. The maximum Gasteiger partial charge on any atom is 0.265 e. The van der Waals surface area contributed by atoms with Crippen LogP contribution in [0.4, 0.5) is 5.13 Å². The average molecular weight is 356 g/mol. The number of nitrogens with two attached hydrogens (primary N) is 1. The van der Waals surface area contributed by atoms with E-state index in [-0.39, 0.29) is 17.9 Å². The number of benzene rings is 1. The van der Waals surface area contributed by atoms with Crippen molar-refractivity contribution in [3.8, 4) is 0 Å². The molecule has 1 aromatic heterocycles. The topological polar surface area (TPSA) is 79.5 Å². The molecule has 2 amide bonds. The van der Waals surface area contributed by atoms with E-state index in [2.05, 4.69) is 4.98 Å². The second-order valence-electron chi connectivity index (χ2n) is 6.81. The highest BCUT2D eigenvalue weighted by Gasteiger charge is 2.48.